The highest BCUT2D eigenvalue weighted by atomic mass is 16.5. The molecular weight excluding hydrogens is 238 g/mol. The quantitative estimate of drug-likeness (QED) is 0.503. The first-order chi connectivity index (χ1) is 9.24. The maximum absolute atomic E-state index is 11.1. The van der Waals surface area contributed by atoms with Crippen molar-refractivity contribution in [1.29, 1.82) is 0 Å². The highest BCUT2D eigenvalue weighted by Gasteiger charge is 1.99. The number of benzene rings is 1. The first-order valence-corrected chi connectivity index (χ1v) is 6.53. The summed E-state index contributed by atoms with van der Waals surface area (Å²) in [6.45, 7) is 6.62. The first kappa shape index (κ1) is 17.1. The average molecular weight is 262 g/mol. The van der Waals surface area contributed by atoms with Gasteiger partial charge in [-0.2, -0.15) is 0 Å². The van der Waals surface area contributed by atoms with E-state index in [9.17, 15) is 4.79 Å². The van der Waals surface area contributed by atoms with Crippen LogP contribution >= 0.6 is 0 Å². The number of carbonyl (C=O) groups excluding carboxylic acids is 1. The minimum absolute atomic E-state index is 0.294. The van der Waals surface area contributed by atoms with Crippen molar-refractivity contribution in [2.24, 2.45) is 0 Å². The van der Waals surface area contributed by atoms with Gasteiger partial charge in [0.1, 0.15) is 6.54 Å². The number of carbonyl (C=O) groups is 1. The molecule has 0 saturated heterocycles. The van der Waals surface area contributed by atoms with Gasteiger partial charge in [0, 0.05) is 11.1 Å². The van der Waals surface area contributed by atoms with Crippen molar-refractivity contribution < 1.29 is 14.8 Å². The summed E-state index contributed by atoms with van der Waals surface area (Å²) >= 11 is 0. The molecule has 19 heavy (non-hydrogen) atoms. The number of ether oxygens (including phenoxy) is 1. The Balaban J connectivity index is 0.00000154. The summed E-state index contributed by atoms with van der Waals surface area (Å²) in [5, 5.41) is 2.05. The number of allylic oxidation sites excluding steroid dienone is 2. The SMILES string of the molecule is CC.COC(=O)/C(C)=C/C=C\[NH2+]Cc1ccccc1. The number of rotatable bonds is 5. The molecule has 0 unspecified atom stereocenters. The molecule has 0 atom stereocenters. The third-order valence-electron chi connectivity index (χ3n) is 2.30. The van der Waals surface area contributed by atoms with Crippen molar-refractivity contribution in [3.63, 3.8) is 0 Å². The summed E-state index contributed by atoms with van der Waals surface area (Å²) in [5.41, 5.74) is 1.86. The highest BCUT2D eigenvalue weighted by molar-refractivity contribution is 5.87. The molecule has 0 aliphatic carbocycles. The molecular formula is C16H24NO2+. The van der Waals surface area contributed by atoms with Gasteiger partial charge in [0.2, 0.25) is 0 Å². The van der Waals surface area contributed by atoms with Gasteiger partial charge >= 0.3 is 5.97 Å². The Morgan fingerprint density at radius 1 is 1.26 bits per heavy atom. The van der Waals surface area contributed by atoms with Crippen molar-refractivity contribution in [2.45, 2.75) is 27.3 Å². The average Bonchev–Trinajstić information content (AvgIpc) is 2.49. The van der Waals surface area contributed by atoms with Crippen LogP contribution in [0.5, 0.6) is 0 Å². The largest absolute Gasteiger partial charge is 0.466 e. The first-order valence-electron chi connectivity index (χ1n) is 6.53. The molecule has 3 heteroatoms. The number of methoxy groups -OCH3 is 1. The van der Waals surface area contributed by atoms with E-state index in [1.54, 1.807) is 13.0 Å². The fraction of sp³-hybridized carbons (Fsp3) is 0.312. The van der Waals surface area contributed by atoms with Gasteiger partial charge in [-0.1, -0.05) is 44.2 Å². The summed E-state index contributed by atoms with van der Waals surface area (Å²) in [7, 11) is 1.38. The zero-order valence-electron chi connectivity index (χ0n) is 12.2. The van der Waals surface area contributed by atoms with Gasteiger partial charge in [0.15, 0.2) is 0 Å². The molecule has 1 aromatic rings. The molecule has 0 fully saturated rings. The molecule has 0 bridgehead atoms. The van der Waals surface area contributed by atoms with Gasteiger partial charge in [-0.05, 0) is 19.1 Å². The normalized spacial score (nSPS) is 10.8. The number of quaternary nitrogens is 1. The van der Waals surface area contributed by atoms with Crippen molar-refractivity contribution in [3.05, 3.63) is 59.8 Å². The summed E-state index contributed by atoms with van der Waals surface area (Å²) in [6.07, 6.45) is 5.52. The zero-order chi connectivity index (χ0) is 14.5. The number of esters is 1. The van der Waals surface area contributed by atoms with Crippen molar-refractivity contribution in [3.8, 4) is 0 Å². The molecule has 0 saturated carbocycles. The molecule has 0 heterocycles. The molecule has 0 aromatic heterocycles. The topological polar surface area (TPSA) is 42.9 Å². The maximum Gasteiger partial charge on any atom is 0.333 e. The number of hydrogen-bond donors (Lipinski definition) is 1. The van der Waals surface area contributed by atoms with E-state index in [4.69, 9.17) is 0 Å². The standard InChI is InChI=1S/C14H17NO2.C2H6/c1-12(14(16)17-2)7-6-10-15-11-13-8-4-3-5-9-13;1-2/h3-10,15H,11H2,1-2H3;1-2H3/p+1/b10-6-,12-7+;. The molecule has 0 amide bonds. The van der Waals surface area contributed by atoms with Gasteiger partial charge in [0.05, 0.1) is 13.3 Å². The van der Waals surface area contributed by atoms with Crippen molar-refractivity contribution in [1.82, 2.24) is 0 Å². The molecule has 0 spiro atoms. The van der Waals surface area contributed by atoms with Crippen molar-refractivity contribution in [2.75, 3.05) is 7.11 Å². The van der Waals surface area contributed by atoms with Crippen LogP contribution in [-0.4, -0.2) is 13.1 Å². The Labute approximate surface area is 116 Å². The number of hydrogen-bond acceptors (Lipinski definition) is 2. The summed E-state index contributed by atoms with van der Waals surface area (Å²) < 4.78 is 4.59. The lowest BCUT2D eigenvalue weighted by atomic mass is 10.2. The highest BCUT2D eigenvalue weighted by Crippen LogP contribution is 1.95. The Kier molecular flexibility index (Phi) is 10.1. The van der Waals surface area contributed by atoms with Gasteiger partial charge in [-0.15, -0.1) is 0 Å². The lowest BCUT2D eigenvalue weighted by molar-refractivity contribution is -0.604. The van der Waals surface area contributed by atoms with E-state index in [1.165, 1.54) is 12.7 Å². The predicted octanol–water partition coefficient (Wildman–Crippen LogP) is 2.41. The van der Waals surface area contributed by atoms with Crippen LogP contribution in [0, 0.1) is 0 Å². The van der Waals surface area contributed by atoms with Gasteiger partial charge in [0.25, 0.3) is 0 Å². The van der Waals surface area contributed by atoms with Gasteiger partial charge in [-0.3, -0.25) is 0 Å². The molecule has 0 aliphatic rings. The fourth-order valence-electron chi connectivity index (χ4n) is 1.33. The zero-order valence-corrected chi connectivity index (χ0v) is 12.2. The molecule has 0 radical (unpaired) electrons. The smallest absolute Gasteiger partial charge is 0.333 e. The van der Waals surface area contributed by atoms with E-state index in [2.05, 4.69) is 22.2 Å². The van der Waals surface area contributed by atoms with Crippen LogP contribution in [0.2, 0.25) is 0 Å². The minimum atomic E-state index is -0.294. The van der Waals surface area contributed by atoms with Crippen LogP contribution < -0.4 is 5.32 Å². The van der Waals surface area contributed by atoms with Crippen LogP contribution in [0.15, 0.2) is 54.3 Å². The molecule has 2 N–H and O–H groups in total. The van der Waals surface area contributed by atoms with E-state index in [0.717, 1.165) is 6.54 Å². The summed E-state index contributed by atoms with van der Waals surface area (Å²) in [4.78, 5) is 11.1. The van der Waals surface area contributed by atoms with Crippen LogP contribution in [0.1, 0.15) is 26.3 Å². The van der Waals surface area contributed by atoms with Gasteiger partial charge < -0.3 is 10.1 Å². The van der Waals surface area contributed by atoms with Gasteiger partial charge in [-0.25, -0.2) is 4.79 Å². The van der Waals surface area contributed by atoms with Crippen LogP contribution in [0.25, 0.3) is 0 Å². The van der Waals surface area contributed by atoms with E-state index in [1.807, 2.05) is 44.3 Å². The van der Waals surface area contributed by atoms with Crippen LogP contribution in [-0.2, 0) is 16.1 Å². The summed E-state index contributed by atoms with van der Waals surface area (Å²) in [6, 6.07) is 10.2. The van der Waals surface area contributed by atoms with E-state index < -0.39 is 0 Å². The third-order valence-corrected chi connectivity index (χ3v) is 2.30. The third kappa shape index (κ3) is 7.95. The second kappa shape index (κ2) is 11.2. The molecule has 0 aliphatic heterocycles. The Bertz CT molecular complexity index is 408. The molecule has 3 nitrogen and oxygen atoms in total. The Hall–Kier alpha value is -1.87. The maximum atomic E-state index is 11.1. The predicted molar refractivity (Wildman–Crippen MR) is 78.3 cm³/mol. The summed E-state index contributed by atoms with van der Waals surface area (Å²) in [5.74, 6) is -0.294. The lowest BCUT2D eigenvalue weighted by Crippen LogP contribution is -2.76. The minimum Gasteiger partial charge on any atom is -0.466 e. The van der Waals surface area contributed by atoms with Crippen LogP contribution in [0.4, 0.5) is 0 Å². The van der Waals surface area contributed by atoms with E-state index in [-0.39, 0.29) is 5.97 Å². The molecule has 1 aromatic carbocycles. The Morgan fingerprint density at radius 2 is 1.89 bits per heavy atom. The Morgan fingerprint density at radius 3 is 2.47 bits per heavy atom. The van der Waals surface area contributed by atoms with E-state index in [0.29, 0.717) is 5.57 Å². The van der Waals surface area contributed by atoms with Crippen LogP contribution in [0.3, 0.4) is 0 Å². The van der Waals surface area contributed by atoms with Crippen molar-refractivity contribution >= 4 is 5.97 Å². The second-order valence-electron chi connectivity index (χ2n) is 3.65. The fourth-order valence-corrected chi connectivity index (χ4v) is 1.33. The second-order valence-corrected chi connectivity index (χ2v) is 3.65. The molecule has 1 rings (SSSR count). The number of nitrogens with two attached hydrogens (primary N) is 1. The lowest BCUT2D eigenvalue weighted by Gasteiger charge is -1.96. The monoisotopic (exact) mass is 262 g/mol. The molecule has 104 valence electrons. The van der Waals surface area contributed by atoms with E-state index >= 15 is 0 Å².